The van der Waals surface area contributed by atoms with Crippen LogP contribution in [0.3, 0.4) is 0 Å². The summed E-state index contributed by atoms with van der Waals surface area (Å²) in [7, 11) is 1.49. The average molecular weight is 382 g/mol. The Morgan fingerprint density at radius 2 is 1.78 bits per heavy atom. The molecular formula is C19H18N4O3S. The van der Waals surface area contributed by atoms with Gasteiger partial charge in [-0.25, -0.2) is 4.68 Å². The van der Waals surface area contributed by atoms with E-state index in [1.807, 2.05) is 6.07 Å². The highest BCUT2D eigenvalue weighted by atomic mass is 32.1. The highest BCUT2D eigenvalue weighted by Gasteiger charge is 2.19. The number of benzene rings is 1. The number of nitrogens with zero attached hydrogens (tertiary/aromatic N) is 2. The van der Waals surface area contributed by atoms with Gasteiger partial charge < -0.3 is 0 Å². The number of carbonyl (C=O) groups excluding carboxylic acids is 2. The molecule has 0 aliphatic heterocycles. The highest BCUT2D eigenvalue weighted by molar-refractivity contribution is 7.14. The first-order chi connectivity index (χ1) is 13.0. The number of thiophene rings is 1. The van der Waals surface area contributed by atoms with Gasteiger partial charge in [-0.3, -0.25) is 25.2 Å². The second-order valence-corrected chi connectivity index (χ2v) is 7.63. The second-order valence-electron chi connectivity index (χ2n) is 6.50. The van der Waals surface area contributed by atoms with E-state index in [9.17, 15) is 14.4 Å². The van der Waals surface area contributed by atoms with E-state index >= 15 is 0 Å². The number of hydrogen-bond donors (Lipinski definition) is 2. The zero-order valence-electron chi connectivity index (χ0n) is 14.7. The number of rotatable bonds is 2. The summed E-state index contributed by atoms with van der Waals surface area (Å²) in [5, 5.41) is 4.89. The van der Waals surface area contributed by atoms with E-state index in [0.29, 0.717) is 15.6 Å². The van der Waals surface area contributed by atoms with Crippen molar-refractivity contribution in [3.05, 3.63) is 61.7 Å². The average Bonchev–Trinajstić information content (AvgIpc) is 3.13. The van der Waals surface area contributed by atoms with Crippen molar-refractivity contribution in [1.82, 2.24) is 20.6 Å². The van der Waals surface area contributed by atoms with Crippen LogP contribution in [0.5, 0.6) is 0 Å². The number of fused-ring (bicyclic) bond motifs is 2. The Hall–Kier alpha value is -3.00. The van der Waals surface area contributed by atoms with Crippen LogP contribution in [0.1, 0.15) is 43.4 Å². The van der Waals surface area contributed by atoms with Crippen molar-refractivity contribution in [2.24, 2.45) is 7.05 Å². The number of nitrogens with one attached hydrogen (secondary N) is 2. The summed E-state index contributed by atoms with van der Waals surface area (Å²) < 4.78 is 1.12. The van der Waals surface area contributed by atoms with Gasteiger partial charge in [0.2, 0.25) is 0 Å². The molecule has 0 radical (unpaired) electrons. The molecule has 0 spiro atoms. The van der Waals surface area contributed by atoms with Crippen LogP contribution in [-0.2, 0) is 19.9 Å². The van der Waals surface area contributed by atoms with E-state index < -0.39 is 5.91 Å². The van der Waals surface area contributed by atoms with E-state index in [1.165, 1.54) is 28.8 Å². The minimum atomic E-state index is -0.573. The molecule has 1 aliphatic rings. The number of carbonyl (C=O) groups is 2. The number of amides is 2. The molecule has 1 aliphatic carbocycles. The molecule has 1 aromatic carbocycles. The molecule has 2 aromatic heterocycles. The maximum Gasteiger partial charge on any atom is 0.290 e. The predicted octanol–water partition coefficient (Wildman–Crippen LogP) is 1.95. The Balaban J connectivity index is 1.54. The Morgan fingerprint density at radius 1 is 1.07 bits per heavy atom. The Morgan fingerprint density at radius 3 is 2.56 bits per heavy atom. The fraction of sp³-hybridized carbons (Fsp3) is 0.263. The van der Waals surface area contributed by atoms with Crippen molar-refractivity contribution in [3.63, 3.8) is 0 Å². The third-order valence-electron chi connectivity index (χ3n) is 4.68. The van der Waals surface area contributed by atoms with Gasteiger partial charge in [0.1, 0.15) is 0 Å². The summed E-state index contributed by atoms with van der Waals surface area (Å²) in [6.07, 6.45) is 4.30. The number of aromatic nitrogens is 2. The number of aryl methyl sites for hydroxylation is 3. The SMILES string of the molecule is Cn1nc(C(=O)NNC(=O)c2cc3c(s2)CCCC3)c2ccccc2c1=O. The number of hydrogen-bond acceptors (Lipinski definition) is 5. The monoisotopic (exact) mass is 382 g/mol. The van der Waals surface area contributed by atoms with Crippen LogP contribution < -0.4 is 16.4 Å². The van der Waals surface area contributed by atoms with Gasteiger partial charge in [0.05, 0.1) is 10.3 Å². The lowest BCUT2D eigenvalue weighted by atomic mass is 9.99. The molecule has 7 nitrogen and oxygen atoms in total. The molecule has 0 bridgehead atoms. The molecule has 0 fully saturated rings. The maximum absolute atomic E-state index is 12.6. The molecule has 3 aromatic rings. The molecule has 4 rings (SSSR count). The van der Waals surface area contributed by atoms with Crippen LogP contribution in [0.15, 0.2) is 35.1 Å². The van der Waals surface area contributed by atoms with Gasteiger partial charge in [-0.2, -0.15) is 5.10 Å². The molecule has 0 saturated carbocycles. The highest BCUT2D eigenvalue weighted by Crippen LogP contribution is 2.29. The molecule has 8 heteroatoms. The Labute approximate surface area is 159 Å². The molecule has 27 heavy (non-hydrogen) atoms. The summed E-state index contributed by atoms with van der Waals surface area (Å²) >= 11 is 1.47. The lowest BCUT2D eigenvalue weighted by Crippen LogP contribution is -2.42. The van der Waals surface area contributed by atoms with Gasteiger partial charge in [-0.05, 0) is 43.4 Å². The van der Waals surface area contributed by atoms with Crippen LogP contribution >= 0.6 is 11.3 Å². The molecule has 2 amide bonds. The van der Waals surface area contributed by atoms with Crippen molar-refractivity contribution in [2.45, 2.75) is 25.7 Å². The van der Waals surface area contributed by atoms with Crippen molar-refractivity contribution >= 4 is 33.9 Å². The van der Waals surface area contributed by atoms with Crippen molar-refractivity contribution in [2.75, 3.05) is 0 Å². The minimum absolute atomic E-state index is 0.0819. The van der Waals surface area contributed by atoms with Gasteiger partial charge in [0.25, 0.3) is 17.4 Å². The van der Waals surface area contributed by atoms with E-state index in [-0.39, 0.29) is 17.2 Å². The first-order valence-electron chi connectivity index (χ1n) is 8.73. The van der Waals surface area contributed by atoms with E-state index in [0.717, 1.165) is 30.4 Å². The van der Waals surface area contributed by atoms with Crippen LogP contribution in [0, 0.1) is 0 Å². The zero-order valence-corrected chi connectivity index (χ0v) is 15.6. The Bertz CT molecular complexity index is 1090. The normalized spacial score (nSPS) is 13.2. The molecule has 2 N–H and O–H groups in total. The molecule has 0 saturated heterocycles. The van der Waals surface area contributed by atoms with Gasteiger partial charge in [-0.15, -0.1) is 11.3 Å². The van der Waals surface area contributed by atoms with Gasteiger partial charge in [0, 0.05) is 17.3 Å². The topological polar surface area (TPSA) is 93.1 Å². The van der Waals surface area contributed by atoms with Crippen molar-refractivity contribution in [3.8, 4) is 0 Å². The Kier molecular flexibility index (Phi) is 4.49. The molecule has 2 heterocycles. The van der Waals surface area contributed by atoms with E-state index in [4.69, 9.17) is 0 Å². The van der Waals surface area contributed by atoms with Gasteiger partial charge >= 0.3 is 0 Å². The fourth-order valence-electron chi connectivity index (χ4n) is 3.30. The first-order valence-corrected chi connectivity index (χ1v) is 9.54. The maximum atomic E-state index is 12.6. The summed E-state index contributed by atoms with van der Waals surface area (Å²) in [6.45, 7) is 0. The van der Waals surface area contributed by atoms with Crippen LogP contribution in [0.2, 0.25) is 0 Å². The third-order valence-corrected chi connectivity index (χ3v) is 5.92. The largest absolute Gasteiger partial charge is 0.290 e. The number of hydrazine groups is 1. The van der Waals surface area contributed by atoms with Crippen LogP contribution in [-0.4, -0.2) is 21.6 Å². The van der Waals surface area contributed by atoms with Crippen LogP contribution in [0.25, 0.3) is 10.8 Å². The van der Waals surface area contributed by atoms with Crippen molar-refractivity contribution in [1.29, 1.82) is 0 Å². The summed E-state index contributed by atoms with van der Waals surface area (Å²) in [4.78, 5) is 38.9. The van der Waals surface area contributed by atoms with E-state index in [2.05, 4.69) is 16.0 Å². The fourth-order valence-corrected chi connectivity index (χ4v) is 4.45. The van der Waals surface area contributed by atoms with E-state index in [1.54, 1.807) is 24.3 Å². The lowest BCUT2D eigenvalue weighted by molar-refractivity contribution is 0.0846. The summed E-state index contributed by atoms with van der Waals surface area (Å²) in [5.41, 5.74) is 5.89. The summed E-state index contributed by atoms with van der Waals surface area (Å²) in [5.74, 6) is -0.923. The summed E-state index contributed by atoms with van der Waals surface area (Å²) in [6, 6.07) is 8.67. The van der Waals surface area contributed by atoms with Crippen LogP contribution in [0.4, 0.5) is 0 Å². The minimum Gasteiger partial charge on any atom is -0.267 e. The quantitative estimate of drug-likeness (QED) is 0.663. The van der Waals surface area contributed by atoms with Gasteiger partial charge in [-0.1, -0.05) is 18.2 Å². The van der Waals surface area contributed by atoms with Gasteiger partial charge in [0.15, 0.2) is 5.69 Å². The zero-order chi connectivity index (χ0) is 19.0. The third kappa shape index (κ3) is 3.23. The molecule has 0 atom stereocenters. The predicted molar refractivity (Wildman–Crippen MR) is 103 cm³/mol. The molecule has 138 valence electrons. The standard InChI is InChI=1S/C19H18N4O3S/c1-23-19(26)13-8-4-3-7-12(13)16(22-23)18(25)21-20-17(24)15-10-11-6-2-5-9-14(11)27-15/h3-4,7-8,10H,2,5-6,9H2,1H3,(H,20,24)(H,21,25). The second kappa shape index (κ2) is 6.96. The molecule has 0 unspecified atom stereocenters. The van der Waals surface area contributed by atoms with Crippen molar-refractivity contribution < 1.29 is 9.59 Å². The smallest absolute Gasteiger partial charge is 0.267 e. The first kappa shape index (κ1) is 17.4. The lowest BCUT2D eigenvalue weighted by Gasteiger charge is -2.09. The molecular weight excluding hydrogens is 364 g/mol.